The minimum absolute atomic E-state index is 0.0237. The third-order valence-electron chi connectivity index (χ3n) is 2.99. The zero-order chi connectivity index (χ0) is 13.2. The highest BCUT2D eigenvalue weighted by atomic mass is 16.1. The van der Waals surface area contributed by atoms with Crippen molar-refractivity contribution in [3.8, 4) is 0 Å². The van der Waals surface area contributed by atoms with Crippen molar-refractivity contribution >= 4 is 5.91 Å². The van der Waals surface area contributed by atoms with Gasteiger partial charge in [0.05, 0.1) is 0 Å². The fraction of sp³-hybridized carbons (Fsp3) is 0.533. The molecule has 1 aromatic rings. The number of hydrogen-bond acceptors (Lipinski definition) is 2. The molecule has 0 aliphatic rings. The molecule has 1 amide bonds. The lowest BCUT2D eigenvalue weighted by atomic mass is 10.0. The van der Waals surface area contributed by atoms with Gasteiger partial charge in [0.25, 0.3) is 5.91 Å². The monoisotopic (exact) mass is 248 g/mol. The summed E-state index contributed by atoms with van der Waals surface area (Å²) in [7, 11) is 0. The Morgan fingerprint density at radius 3 is 2.72 bits per heavy atom. The van der Waals surface area contributed by atoms with E-state index in [1.54, 1.807) is 0 Å². The van der Waals surface area contributed by atoms with Gasteiger partial charge < -0.3 is 11.1 Å². The molecule has 100 valence electrons. The summed E-state index contributed by atoms with van der Waals surface area (Å²) in [6, 6.07) is 7.68. The Morgan fingerprint density at radius 2 is 2.00 bits per heavy atom. The SMILES string of the molecule is CCCCCCNC(=O)c1ccccc1CCN. The van der Waals surface area contributed by atoms with Crippen molar-refractivity contribution in [2.75, 3.05) is 13.1 Å². The van der Waals surface area contributed by atoms with Crippen molar-refractivity contribution in [3.63, 3.8) is 0 Å². The van der Waals surface area contributed by atoms with Gasteiger partial charge in [0.2, 0.25) is 0 Å². The lowest BCUT2D eigenvalue weighted by molar-refractivity contribution is 0.0952. The summed E-state index contributed by atoms with van der Waals surface area (Å²) in [4.78, 5) is 12.0. The molecule has 0 spiro atoms. The van der Waals surface area contributed by atoms with E-state index >= 15 is 0 Å². The molecule has 0 fully saturated rings. The van der Waals surface area contributed by atoms with E-state index in [1.807, 2.05) is 24.3 Å². The molecule has 0 unspecified atom stereocenters. The van der Waals surface area contributed by atoms with Gasteiger partial charge in [0.1, 0.15) is 0 Å². The van der Waals surface area contributed by atoms with Crippen LogP contribution in [0, 0.1) is 0 Å². The minimum Gasteiger partial charge on any atom is -0.352 e. The van der Waals surface area contributed by atoms with Crippen LogP contribution in [0.5, 0.6) is 0 Å². The average Bonchev–Trinajstić information content (AvgIpc) is 2.39. The van der Waals surface area contributed by atoms with Crippen LogP contribution in [-0.2, 0) is 6.42 Å². The molecule has 0 atom stereocenters. The minimum atomic E-state index is 0.0237. The maximum Gasteiger partial charge on any atom is 0.251 e. The number of amides is 1. The molecule has 3 N–H and O–H groups in total. The van der Waals surface area contributed by atoms with Crippen LogP contribution < -0.4 is 11.1 Å². The molecule has 1 aromatic carbocycles. The molecule has 0 saturated heterocycles. The second kappa shape index (κ2) is 8.70. The Bertz CT molecular complexity index is 363. The Morgan fingerprint density at radius 1 is 1.22 bits per heavy atom. The summed E-state index contributed by atoms with van der Waals surface area (Å²) in [5.41, 5.74) is 7.35. The molecule has 3 nitrogen and oxygen atoms in total. The predicted molar refractivity (Wildman–Crippen MR) is 75.7 cm³/mol. The number of nitrogens with one attached hydrogen (secondary N) is 1. The van der Waals surface area contributed by atoms with Crippen LogP contribution >= 0.6 is 0 Å². The number of carbonyl (C=O) groups excluding carboxylic acids is 1. The van der Waals surface area contributed by atoms with E-state index in [2.05, 4.69) is 12.2 Å². The summed E-state index contributed by atoms with van der Waals surface area (Å²) < 4.78 is 0. The summed E-state index contributed by atoms with van der Waals surface area (Å²) in [6.45, 7) is 3.51. The average molecular weight is 248 g/mol. The molecule has 18 heavy (non-hydrogen) atoms. The predicted octanol–water partition coefficient (Wildman–Crippen LogP) is 2.50. The highest BCUT2D eigenvalue weighted by Gasteiger charge is 2.09. The van der Waals surface area contributed by atoms with Gasteiger partial charge in [-0.3, -0.25) is 4.79 Å². The first-order valence-electron chi connectivity index (χ1n) is 6.85. The van der Waals surface area contributed by atoms with E-state index < -0.39 is 0 Å². The fourth-order valence-corrected chi connectivity index (χ4v) is 1.96. The molecule has 1 rings (SSSR count). The Labute approximate surface area is 110 Å². The molecule has 0 bridgehead atoms. The smallest absolute Gasteiger partial charge is 0.251 e. The molecular weight excluding hydrogens is 224 g/mol. The topological polar surface area (TPSA) is 55.1 Å². The first-order chi connectivity index (χ1) is 8.79. The maximum atomic E-state index is 12.0. The number of nitrogens with two attached hydrogens (primary N) is 1. The lowest BCUT2D eigenvalue weighted by Crippen LogP contribution is -2.25. The van der Waals surface area contributed by atoms with Crippen molar-refractivity contribution in [2.24, 2.45) is 5.73 Å². The van der Waals surface area contributed by atoms with Crippen molar-refractivity contribution < 1.29 is 4.79 Å². The van der Waals surface area contributed by atoms with Gasteiger partial charge in [-0.15, -0.1) is 0 Å². The number of hydrogen-bond donors (Lipinski definition) is 2. The van der Waals surface area contributed by atoms with Crippen molar-refractivity contribution in [2.45, 2.75) is 39.0 Å². The Hall–Kier alpha value is -1.35. The summed E-state index contributed by atoms with van der Waals surface area (Å²) >= 11 is 0. The quantitative estimate of drug-likeness (QED) is 0.694. The molecule has 3 heteroatoms. The standard InChI is InChI=1S/C15H24N2O/c1-2-3-4-7-12-17-15(18)14-9-6-5-8-13(14)10-11-16/h5-6,8-9H,2-4,7,10-12,16H2,1H3,(H,17,18). The second-order valence-electron chi connectivity index (χ2n) is 4.51. The summed E-state index contributed by atoms with van der Waals surface area (Å²) in [5.74, 6) is 0.0237. The van der Waals surface area contributed by atoms with Gasteiger partial charge in [-0.2, -0.15) is 0 Å². The van der Waals surface area contributed by atoms with E-state index in [0.29, 0.717) is 6.54 Å². The highest BCUT2D eigenvalue weighted by Crippen LogP contribution is 2.09. The first-order valence-corrected chi connectivity index (χ1v) is 6.85. The maximum absolute atomic E-state index is 12.0. The summed E-state index contributed by atoms with van der Waals surface area (Å²) in [5, 5.41) is 2.98. The van der Waals surface area contributed by atoms with Gasteiger partial charge in [-0.25, -0.2) is 0 Å². The largest absolute Gasteiger partial charge is 0.352 e. The third kappa shape index (κ3) is 4.88. The molecule has 0 radical (unpaired) electrons. The van der Waals surface area contributed by atoms with E-state index in [9.17, 15) is 4.79 Å². The summed E-state index contributed by atoms with van der Waals surface area (Å²) in [6.07, 6.45) is 5.44. The number of carbonyl (C=O) groups is 1. The Balaban J connectivity index is 2.45. The highest BCUT2D eigenvalue weighted by molar-refractivity contribution is 5.95. The van der Waals surface area contributed by atoms with Crippen LogP contribution in [-0.4, -0.2) is 19.0 Å². The molecular formula is C15H24N2O. The molecule has 0 aliphatic heterocycles. The van der Waals surface area contributed by atoms with Gasteiger partial charge >= 0.3 is 0 Å². The van der Waals surface area contributed by atoms with Crippen molar-refractivity contribution in [1.29, 1.82) is 0 Å². The van der Waals surface area contributed by atoms with Crippen LogP contribution in [0.1, 0.15) is 48.5 Å². The van der Waals surface area contributed by atoms with Gasteiger partial charge in [-0.05, 0) is 31.0 Å². The number of rotatable bonds is 8. The van der Waals surface area contributed by atoms with Crippen molar-refractivity contribution in [1.82, 2.24) is 5.32 Å². The van der Waals surface area contributed by atoms with Gasteiger partial charge in [0.15, 0.2) is 0 Å². The van der Waals surface area contributed by atoms with E-state index in [-0.39, 0.29) is 5.91 Å². The van der Waals surface area contributed by atoms with Crippen LogP contribution in [0.3, 0.4) is 0 Å². The van der Waals surface area contributed by atoms with E-state index in [0.717, 1.165) is 30.5 Å². The van der Waals surface area contributed by atoms with Gasteiger partial charge in [0, 0.05) is 12.1 Å². The van der Waals surface area contributed by atoms with E-state index in [4.69, 9.17) is 5.73 Å². The van der Waals surface area contributed by atoms with Crippen LogP contribution in [0.4, 0.5) is 0 Å². The van der Waals surface area contributed by atoms with Crippen molar-refractivity contribution in [3.05, 3.63) is 35.4 Å². The zero-order valence-electron chi connectivity index (χ0n) is 11.2. The fourth-order valence-electron chi connectivity index (χ4n) is 1.96. The third-order valence-corrected chi connectivity index (χ3v) is 2.99. The molecule has 0 aromatic heterocycles. The zero-order valence-corrected chi connectivity index (χ0v) is 11.2. The van der Waals surface area contributed by atoms with Crippen LogP contribution in [0.15, 0.2) is 24.3 Å². The van der Waals surface area contributed by atoms with Crippen LogP contribution in [0.25, 0.3) is 0 Å². The molecule has 0 heterocycles. The first kappa shape index (κ1) is 14.7. The van der Waals surface area contributed by atoms with Gasteiger partial charge in [-0.1, -0.05) is 44.4 Å². The second-order valence-corrected chi connectivity index (χ2v) is 4.51. The Kier molecular flexibility index (Phi) is 7.11. The van der Waals surface area contributed by atoms with Crippen LogP contribution in [0.2, 0.25) is 0 Å². The normalized spacial score (nSPS) is 10.3. The number of unbranched alkanes of at least 4 members (excludes halogenated alkanes) is 3. The van der Waals surface area contributed by atoms with E-state index in [1.165, 1.54) is 19.3 Å². The molecule has 0 aliphatic carbocycles. The molecule has 0 saturated carbocycles. The lowest BCUT2D eigenvalue weighted by Gasteiger charge is -2.09. The number of benzene rings is 1.